The van der Waals surface area contributed by atoms with Crippen molar-refractivity contribution in [3.63, 3.8) is 0 Å². The summed E-state index contributed by atoms with van der Waals surface area (Å²) in [5.41, 5.74) is 1.61. The largest absolute Gasteiger partial charge is 0.375 e. The second-order valence-corrected chi connectivity index (χ2v) is 16.9. The minimum Gasteiger partial charge on any atom is -0.375 e. The van der Waals surface area contributed by atoms with Crippen LogP contribution in [0.25, 0.3) is 11.0 Å². The van der Waals surface area contributed by atoms with E-state index >= 15 is 0 Å². The highest BCUT2D eigenvalue weighted by atomic mass is 32.2. The van der Waals surface area contributed by atoms with Gasteiger partial charge in [0.05, 0.1) is 22.5 Å². The highest BCUT2D eigenvalue weighted by Gasteiger charge is 2.30. The van der Waals surface area contributed by atoms with Crippen molar-refractivity contribution in [2.75, 3.05) is 43.4 Å². The monoisotopic (exact) mass is 695 g/mol. The van der Waals surface area contributed by atoms with Crippen molar-refractivity contribution < 1.29 is 21.6 Å². The van der Waals surface area contributed by atoms with Gasteiger partial charge in [-0.15, -0.1) is 0 Å². The second kappa shape index (κ2) is 14.6. The van der Waals surface area contributed by atoms with Gasteiger partial charge in [0.2, 0.25) is 15.9 Å². The minimum atomic E-state index is -3.87. The maximum Gasteiger partial charge on any atom is 0.269 e. The summed E-state index contributed by atoms with van der Waals surface area (Å²) in [5.74, 6) is 0.650. The van der Waals surface area contributed by atoms with Crippen molar-refractivity contribution in [3.05, 3.63) is 72.7 Å². The third-order valence-electron chi connectivity index (χ3n) is 8.21. The van der Waals surface area contributed by atoms with Gasteiger partial charge in [-0.1, -0.05) is 57.5 Å². The first kappa shape index (κ1) is 35.3. The molecule has 0 radical (unpaired) electrons. The van der Waals surface area contributed by atoms with E-state index < -0.39 is 20.0 Å². The van der Waals surface area contributed by atoms with Crippen LogP contribution >= 0.6 is 0 Å². The van der Waals surface area contributed by atoms with E-state index in [0.717, 1.165) is 22.4 Å². The molecule has 3 heterocycles. The maximum absolute atomic E-state index is 13.8. The number of aryl methyl sites for hydroxylation is 1. The molecule has 0 bridgehead atoms. The number of rotatable bonds is 13. The summed E-state index contributed by atoms with van der Waals surface area (Å²) in [7, 11) is -7.66. The summed E-state index contributed by atoms with van der Waals surface area (Å²) >= 11 is 0. The first-order valence-corrected chi connectivity index (χ1v) is 19.2. The Labute approximate surface area is 283 Å². The number of nitrogens with zero attached hydrogens (tertiary/aromatic N) is 5. The van der Waals surface area contributed by atoms with E-state index in [1.165, 1.54) is 16.8 Å². The second-order valence-electron chi connectivity index (χ2n) is 13.2. The summed E-state index contributed by atoms with van der Waals surface area (Å²) in [6.07, 6.45) is 4.35. The molecule has 1 saturated heterocycles. The van der Waals surface area contributed by atoms with Crippen LogP contribution in [0, 0.1) is 18.8 Å². The molecule has 1 aliphatic rings. The first-order valence-electron chi connectivity index (χ1n) is 16.3. The highest BCUT2D eigenvalue weighted by molar-refractivity contribution is 7.90. The molecule has 1 fully saturated rings. The molecule has 1 atom stereocenters. The molecule has 14 heteroatoms. The Kier molecular flexibility index (Phi) is 10.8. The lowest BCUT2D eigenvalue weighted by Crippen LogP contribution is -2.47. The predicted octanol–water partition coefficient (Wildman–Crippen LogP) is 4.79. The van der Waals surface area contributed by atoms with E-state index in [2.05, 4.69) is 20.6 Å². The number of amides is 1. The number of hydrogen-bond acceptors (Lipinski definition) is 9. The van der Waals surface area contributed by atoms with Crippen LogP contribution in [0.2, 0.25) is 0 Å². The Morgan fingerprint density at radius 2 is 1.65 bits per heavy atom. The number of fused-ring (bicyclic) bond motifs is 1. The van der Waals surface area contributed by atoms with E-state index in [1.54, 1.807) is 59.5 Å². The van der Waals surface area contributed by atoms with Gasteiger partial charge in [-0.2, -0.15) is 4.31 Å². The third kappa shape index (κ3) is 7.82. The molecule has 12 nitrogen and oxygen atoms in total. The molecule has 2 aromatic carbocycles. The number of sulfonamides is 1. The first-order chi connectivity index (χ1) is 22.8. The third-order valence-corrected chi connectivity index (χ3v) is 11.8. The Balaban J connectivity index is 1.27. The molecular formula is C34H45N7O5S2. The van der Waals surface area contributed by atoms with E-state index in [4.69, 9.17) is 0 Å². The van der Waals surface area contributed by atoms with Crippen LogP contribution in [0.5, 0.6) is 0 Å². The zero-order valence-corrected chi connectivity index (χ0v) is 29.8. The molecule has 5 rings (SSSR count). The fraction of sp³-hybridized carbons (Fsp3) is 0.441. The lowest BCUT2D eigenvalue weighted by atomic mass is 10.1. The van der Waals surface area contributed by atoms with Crippen LogP contribution < -0.4 is 10.6 Å². The van der Waals surface area contributed by atoms with Gasteiger partial charge in [0.1, 0.15) is 17.0 Å². The van der Waals surface area contributed by atoms with Gasteiger partial charge in [0.25, 0.3) is 10.0 Å². The predicted molar refractivity (Wildman–Crippen MR) is 188 cm³/mol. The Morgan fingerprint density at radius 3 is 2.33 bits per heavy atom. The molecule has 258 valence electrons. The van der Waals surface area contributed by atoms with Gasteiger partial charge in [0, 0.05) is 38.4 Å². The van der Waals surface area contributed by atoms with E-state index in [1.807, 2.05) is 34.6 Å². The number of anilines is 2. The van der Waals surface area contributed by atoms with Crippen molar-refractivity contribution in [2.24, 2.45) is 11.8 Å². The smallest absolute Gasteiger partial charge is 0.269 e. The number of benzene rings is 2. The molecule has 2 N–H and O–H groups in total. The van der Waals surface area contributed by atoms with E-state index in [9.17, 15) is 21.6 Å². The van der Waals surface area contributed by atoms with Crippen molar-refractivity contribution in [3.8, 4) is 0 Å². The molecule has 1 unspecified atom stereocenters. The molecule has 48 heavy (non-hydrogen) atoms. The van der Waals surface area contributed by atoms with Gasteiger partial charge >= 0.3 is 0 Å². The van der Waals surface area contributed by atoms with Crippen LogP contribution in [0.15, 0.2) is 76.9 Å². The van der Waals surface area contributed by atoms with Crippen molar-refractivity contribution >= 4 is 48.5 Å². The molecule has 1 amide bonds. The summed E-state index contributed by atoms with van der Waals surface area (Å²) < 4.78 is 57.0. The Bertz CT molecular complexity index is 1950. The Hall–Kier alpha value is -4.01. The fourth-order valence-electron chi connectivity index (χ4n) is 5.92. The molecule has 0 aliphatic carbocycles. The number of nitrogens with one attached hydrogen (secondary N) is 2. The average Bonchev–Trinajstić information content (AvgIpc) is 3.50. The zero-order chi connectivity index (χ0) is 34.6. The summed E-state index contributed by atoms with van der Waals surface area (Å²) in [6, 6.07) is 14.9. The SMILES string of the molecule is Cc1ccc(S(=O)(=O)n2ccc3c(NC4CCCN(C(=O)CNc5ccccc5S(=O)(=O)N(CC(C)C)CC(C)C)C4)ncnc32)cc1. The van der Waals surface area contributed by atoms with Gasteiger partial charge < -0.3 is 15.5 Å². The number of piperidine rings is 1. The van der Waals surface area contributed by atoms with Gasteiger partial charge in [-0.3, -0.25) is 4.79 Å². The van der Waals surface area contributed by atoms with Crippen molar-refractivity contribution in [1.82, 2.24) is 23.1 Å². The summed E-state index contributed by atoms with van der Waals surface area (Å²) in [4.78, 5) is 24.2. The normalized spacial score (nSPS) is 15.8. The van der Waals surface area contributed by atoms with Gasteiger partial charge in [0.15, 0.2) is 5.65 Å². The van der Waals surface area contributed by atoms with Gasteiger partial charge in [-0.05, 0) is 61.9 Å². The van der Waals surface area contributed by atoms with Crippen LogP contribution in [0.4, 0.5) is 11.5 Å². The number of aromatic nitrogens is 3. The maximum atomic E-state index is 13.8. The molecule has 2 aromatic heterocycles. The number of para-hydroxylation sites is 1. The van der Waals surface area contributed by atoms with Gasteiger partial charge in [-0.25, -0.2) is 30.8 Å². The van der Waals surface area contributed by atoms with Crippen LogP contribution in [0.3, 0.4) is 0 Å². The molecular weight excluding hydrogens is 651 g/mol. The van der Waals surface area contributed by atoms with Crippen molar-refractivity contribution in [1.29, 1.82) is 0 Å². The van der Waals surface area contributed by atoms with Crippen molar-refractivity contribution in [2.45, 2.75) is 63.3 Å². The zero-order valence-electron chi connectivity index (χ0n) is 28.1. The van der Waals surface area contributed by atoms with E-state index in [0.29, 0.717) is 43.1 Å². The van der Waals surface area contributed by atoms with Crippen LogP contribution in [-0.4, -0.2) is 84.7 Å². The topological polar surface area (TPSA) is 147 Å². The fourth-order valence-corrected chi connectivity index (χ4v) is 9.16. The Morgan fingerprint density at radius 1 is 0.958 bits per heavy atom. The van der Waals surface area contributed by atoms with Crippen LogP contribution in [0.1, 0.15) is 46.1 Å². The number of likely N-dealkylation sites (tertiary alicyclic amines) is 1. The molecule has 0 saturated carbocycles. The van der Waals surface area contributed by atoms with E-state index in [-0.39, 0.29) is 45.8 Å². The number of hydrogen-bond donors (Lipinski definition) is 2. The summed E-state index contributed by atoms with van der Waals surface area (Å²) in [5, 5.41) is 7.07. The highest BCUT2D eigenvalue weighted by Crippen LogP contribution is 2.28. The minimum absolute atomic E-state index is 0.0644. The molecule has 4 aromatic rings. The van der Waals surface area contributed by atoms with Crippen LogP contribution in [-0.2, 0) is 24.8 Å². The number of carbonyl (C=O) groups excluding carboxylic acids is 1. The lowest BCUT2D eigenvalue weighted by Gasteiger charge is -2.33. The number of carbonyl (C=O) groups is 1. The quantitative estimate of drug-likeness (QED) is 0.202. The molecule has 0 spiro atoms. The average molecular weight is 696 g/mol. The standard InChI is InChI=1S/C34H45N7O5S2/c1-24(2)20-40(21-25(3)4)48(45,46)31-11-7-6-10-30(31)35-19-32(42)39-17-8-9-27(22-39)38-33-29-16-18-41(34(29)37-23-36-33)47(43,44)28-14-12-26(5)13-15-28/h6-7,10-16,18,23-25,27,35H,8-9,17,19-22H2,1-5H3,(H,36,37,38). The molecule has 1 aliphatic heterocycles. The summed E-state index contributed by atoms with van der Waals surface area (Å²) in [6.45, 7) is 11.6. The lowest BCUT2D eigenvalue weighted by molar-refractivity contribution is -0.130.